The Hall–Kier alpha value is -3.46. The lowest BCUT2D eigenvalue weighted by molar-refractivity contribution is -0.123. The smallest absolute Gasteiger partial charge is 0.412 e. The summed E-state index contributed by atoms with van der Waals surface area (Å²) in [6, 6.07) is 5.90. The second-order valence-electron chi connectivity index (χ2n) is 8.63. The zero-order valence-electron chi connectivity index (χ0n) is 20.9. The molecule has 2 aromatic rings. The molecule has 1 aliphatic heterocycles. The summed E-state index contributed by atoms with van der Waals surface area (Å²) in [5, 5.41) is 5.40. The van der Waals surface area contributed by atoms with Gasteiger partial charge in [-0.15, -0.1) is 0 Å². The summed E-state index contributed by atoms with van der Waals surface area (Å²) >= 11 is 0. The Morgan fingerprint density at radius 2 is 1.74 bits per heavy atom. The van der Waals surface area contributed by atoms with Crippen LogP contribution in [0.2, 0.25) is 0 Å². The second kappa shape index (κ2) is 10.4. The molecule has 2 N–H and O–H groups in total. The summed E-state index contributed by atoms with van der Waals surface area (Å²) < 4.78 is 23.0. The van der Waals surface area contributed by atoms with Crippen LogP contribution in [0.5, 0.6) is 23.0 Å². The molecule has 1 heterocycles. The molecule has 4 rings (SSSR count). The highest BCUT2D eigenvalue weighted by Gasteiger charge is 2.37. The van der Waals surface area contributed by atoms with Crippen LogP contribution in [0.1, 0.15) is 36.6 Å². The predicted molar refractivity (Wildman–Crippen MR) is 132 cm³/mol. The van der Waals surface area contributed by atoms with E-state index in [1.54, 1.807) is 14.2 Å². The van der Waals surface area contributed by atoms with E-state index in [1.165, 1.54) is 11.1 Å². The van der Waals surface area contributed by atoms with Crippen LogP contribution in [0.25, 0.3) is 11.1 Å². The number of nitrogens with one attached hydrogen (secondary N) is 2. The highest BCUT2D eigenvalue weighted by Crippen LogP contribution is 2.54. The molecule has 0 spiro atoms. The van der Waals surface area contributed by atoms with Gasteiger partial charge in [-0.25, -0.2) is 4.79 Å². The SMILES string of the molecule is CCNC(=O)COc1cc2c3c(c1OC)-c1cc(OC)c(OC(=O)NCC)cc1CC3N(C)CC2. The molecule has 2 amide bonds. The maximum absolute atomic E-state index is 12.1. The number of rotatable bonds is 8. The Kier molecular flexibility index (Phi) is 7.35. The van der Waals surface area contributed by atoms with E-state index in [0.717, 1.165) is 36.1 Å². The van der Waals surface area contributed by atoms with E-state index in [4.69, 9.17) is 18.9 Å². The van der Waals surface area contributed by atoms with Gasteiger partial charge in [0.15, 0.2) is 29.6 Å². The number of likely N-dealkylation sites (N-methyl/N-ethyl adjacent to an activating group) is 2. The minimum atomic E-state index is -0.530. The first-order chi connectivity index (χ1) is 16.9. The fourth-order valence-electron chi connectivity index (χ4n) is 4.93. The molecule has 1 unspecified atom stereocenters. The second-order valence-corrected chi connectivity index (χ2v) is 8.63. The molecule has 9 heteroatoms. The van der Waals surface area contributed by atoms with E-state index in [0.29, 0.717) is 36.1 Å². The van der Waals surface area contributed by atoms with Gasteiger partial charge in [0.2, 0.25) is 0 Å². The minimum Gasteiger partial charge on any atom is -0.493 e. The first-order valence-corrected chi connectivity index (χ1v) is 11.9. The van der Waals surface area contributed by atoms with E-state index in [9.17, 15) is 9.59 Å². The molecule has 188 valence electrons. The van der Waals surface area contributed by atoms with Crippen LogP contribution in [-0.2, 0) is 17.6 Å². The van der Waals surface area contributed by atoms with Crippen molar-refractivity contribution < 1.29 is 28.5 Å². The molecule has 0 bridgehead atoms. The molecule has 0 aromatic heterocycles. The van der Waals surface area contributed by atoms with Gasteiger partial charge in [-0.3, -0.25) is 9.69 Å². The number of methoxy groups -OCH3 is 2. The van der Waals surface area contributed by atoms with E-state index < -0.39 is 6.09 Å². The number of carbonyl (C=O) groups excluding carboxylic acids is 2. The van der Waals surface area contributed by atoms with Crippen molar-refractivity contribution in [1.82, 2.24) is 15.5 Å². The van der Waals surface area contributed by atoms with Crippen LogP contribution in [0.4, 0.5) is 4.79 Å². The highest BCUT2D eigenvalue weighted by molar-refractivity contribution is 5.86. The summed E-state index contributed by atoms with van der Waals surface area (Å²) in [6.07, 6.45) is 1.09. The summed E-state index contributed by atoms with van der Waals surface area (Å²) in [5.41, 5.74) is 5.27. The van der Waals surface area contributed by atoms with Crippen LogP contribution < -0.4 is 29.6 Å². The Bertz CT molecular complexity index is 1130. The molecule has 0 saturated heterocycles. The maximum Gasteiger partial charge on any atom is 0.412 e. The average Bonchev–Trinajstić information content (AvgIpc) is 2.84. The van der Waals surface area contributed by atoms with E-state index in [1.807, 2.05) is 32.0 Å². The number of amides is 2. The molecule has 9 nitrogen and oxygen atoms in total. The molecular formula is C26H33N3O6. The van der Waals surface area contributed by atoms with Crippen molar-refractivity contribution in [2.75, 3.05) is 47.5 Å². The van der Waals surface area contributed by atoms with Crippen molar-refractivity contribution in [3.05, 3.63) is 34.9 Å². The van der Waals surface area contributed by atoms with Gasteiger partial charge in [0.25, 0.3) is 5.91 Å². The molecule has 35 heavy (non-hydrogen) atoms. The van der Waals surface area contributed by atoms with Gasteiger partial charge in [0.05, 0.1) is 14.2 Å². The summed E-state index contributed by atoms with van der Waals surface area (Å²) in [4.78, 5) is 26.5. The molecule has 1 aliphatic carbocycles. The van der Waals surface area contributed by atoms with Crippen molar-refractivity contribution in [2.45, 2.75) is 32.7 Å². The van der Waals surface area contributed by atoms with Gasteiger partial charge in [0, 0.05) is 31.2 Å². The summed E-state index contributed by atoms with van der Waals surface area (Å²) in [6.45, 7) is 5.50. The Labute approximate surface area is 205 Å². The molecular weight excluding hydrogens is 450 g/mol. The van der Waals surface area contributed by atoms with Crippen molar-refractivity contribution in [3.63, 3.8) is 0 Å². The van der Waals surface area contributed by atoms with Gasteiger partial charge >= 0.3 is 6.09 Å². The third kappa shape index (κ3) is 4.73. The van der Waals surface area contributed by atoms with Crippen LogP contribution in [0.3, 0.4) is 0 Å². The molecule has 0 fully saturated rings. The predicted octanol–water partition coefficient (Wildman–Crippen LogP) is 3.08. The average molecular weight is 484 g/mol. The van der Waals surface area contributed by atoms with E-state index in [-0.39, 0.29) is 18.6 Å². The molecule has 2 aliphatic rings. The van der Waals surface area contributed by atoms with Crippen molar-refractivity contribution >= 4 is 12.0 Å². The quantitative estimate of drug-likeness (QED) is 0.595. The van der Waals surface area contributed by atoms with Crippen LogP contribution in [-0.4, -0.2) is 64.4 Å². The standard InChI is InChI=1S/C26H33N3O6/c1-6-27-22(30)14-34-21-11-15-8-9-29(3)18-10-16-12-20(35-26(31)28-7-2)19(32-4)13-17(16)24(23(15)18)25(21)33-5/h11-13,18H,6-10,14H2,1-5H3,(H,27,30)(H,28,31). The number of hydrogen-bond donors (Lipinski definition) is 2. The lowest BCUT2D eigenvalue weighted by Gasteiger charge is -2.40. The topological polar surface area (TPSA) is 98.4 Å². The Morgan fingerprint density at radius 3 is 2.43 bits per heavy atom. The van der Waals surface area contributed by atoms with E-state index in [2.05, 4.69) is 22.6 Å². The molecule has 2 aromatic carbocycles. The number of nitrogens with zero attached hydrogens (tertiary/aromatic N) is 1. The van der Waals surface area contributed by atoms with Gasteiger partial charge < -0.3 is 29.6 Å². The molecule has 0 saturated carbocycles. The third-order valence-corrected chi connectivity index (χ3v) is 6.50. The largest absolute Gasteiger partial charge is 0.493 e. The number of hydrogen-bond acceptors (Lipinski definition) is 7. The van der Waals surface area contributed by atoms with Gasteiger partial charge in [0.1, 0.15) is 0 Å². The van der Waals surface area contributed by atoms with Gasteiger partial charge in [-0.05, 0) is 74.2 Å². The molecule has 1 atom stereocenters. The van der Waals surface area contributed by atoms with Crippen molar-refractivity contribution in [1.29, 1.82) is 0 Å². The normalized spacial score (nSPS) is 16.0. The fraction of sp³-hybridized carbons (Fsp3) is 0.462. The van der Waals surface area contributed by atoms with Crippen LogP contribution >= 0.6 is 0 Å². The van der Waals surface area contributed by atoms with Crippen molar-refractivity contribution in [3.8, 4) is 34.1 Å². The van der Waals surface area contributed by atoms with Crippen LogP contribution in [0.15, 0.2) is 18.2 Å². The Balaban J connectivity index is 1.86. The third-order valence-electron chi connectivity index (χ3n) is 6.50. The minimum absolute atomic E-state index is 0.0960. The highest BCUT2D eigenvalue weighted by atomic mass is 16.6. The van der Waals surface area contributed by atoms with Crippen LogP contribution in [0, 0.1) is 0 Å². The summed E-state index contributed by atoms with van der Waals surface area (Å²) in [5.74, 6) is 1.73. The number of ether oxygens (including phenoxy) is 4. The lowest BCUT2D eigenvalue weighted by Crippen LogP contribution is -2.36. The zero-order valence-corrected chi connectivity index (χ0v) is 20.9. The maximum atomic E-state index is 12.1. The molecule has 0 radical (unpaired) electrons. The van der Waals surface area contributed by atoms with Gasteiger partial charge in [-0.2, -0.15) is 0 Å². The van der Waals surface area contributed by atoms with Gasteiger partial charge in [-0.1, -0.05) is 0 Å². The number of fused-ring (bicyclic) bond motifs is 2. The zero-order chi connectivity index (χ0) is 25.1. The first-order valence-electron chi connectivity index (χ1n) is 11.9. The fourth-order valence-corrected chi connectivity index (χ4v) is 4.93. The number of carbonyl (C=O) groups is 2. The Morgan fingerprint density at radius 1 is 1.00 bits per heavy atom. The number of benzene rings is 2. The first kappa shape index (κ1) is 24.7. The monoisotopic (exact) mass is 483 g/mol. The van der Waals surface area contributed by atoms with Crippen molar-refractivity contribution in [2.24, 2.45) is 0 Å². The summed E-state index contributed by atoms with van der Waals surface area (Å²) in [7, 11) is 5.27. The van der Waals surface area contributed by atoms with E-state index >= 15 is 0 Å². The lowest BCUT2D eigenvalue weighted by atomic mass is 9.76.